The Balaban J connectivity index is -0.00000000356. The van der Waals surface area contributed by atoms with E-state index in [2.05, 4.69) is 0 Å². The molecule has 0 aromatic carbocycles. The summed E-state index contributed by atoms with van der Waals surface area (Å²) in [5, 5.41) is 25.0. The molecule has 48 valence electrons. The smallest absolute Gasteiger partial charge is 0.512 e. The van der Waals surface area contributed by atoms with E-state index < -0.39 is 0 Å². The van der Waals surface area contributed by atoms with Gasteiger partial charge in [0.25, 0.3) is 0 Å². The molecule has 0 aliphatic rings. The molecule has 0 unspecified atom stereocenters. The summed E-state index contributed by atoms with van der Waals surface area (Å²) >= 11 is 0. The molecular formula is C4Li2N4Ni. The van der Waals surface area contributed by atoms with E-state index in [4.69, 9.17) is 47.3 Å². The van der Waals surface area contributed by atoms with Crippen molar-refractivity contribution in [3.8, 4) is 0 Å². The predicted molar refractivity (Wildman–Crippen MR) is 19.9 cm³/mol. The van der Waals surface area contributed by atoms with Crippen molar-refractivity contribution < 1.29 is 54.2 Å². The van der Waals surface area contributed by atoms with E-state index in [1.165, 1.54) is 0 Å². The fraction of sp³-hybridized carbons (Fsp3) is 0. The van der Waals surface area contributed by atoms with Gasteiger partial charge in [0.1, 0.15) is 0 Å². The standard InChI is InChI=1S/4CN.2Li.Ni/c4*1-2;;;/q4*-1;2*+1;+2. The van der Waals surface area contributed by atoms with Crippen LogP contribution in [0, 0.1) is 47.3 Å². The first-order valence-corrected chi connectivity index (χ1v) is 0.894. The Morgan fingerprint density at radius 2 is 0.455 bits per heavy atom. The van der Waals surface area contributed by atoms with Gasteiger partial charge in [0, 0.05) is 0 Å². The Morgan fingerprint density at radius 3 is 0.455 bits per heavy atom. The first kappa shape index (κ1) is 74.5. The maximum atomic E-state index is 6.25. The van der Waals surface area contributed by atoms with Gasteiger partial charge in [-0.3, -0.25) is 0 Å². The van der Waals surface area contributed by atoms with Gasteiger partial charge in [-0.25, -0.2) is 0 Å². The van der Waals surface area contributed by atoms with Crippen molar-refractivity contribution in [2.45, 2.75) is 0 Å². The summed E-state index contributed by atoms with van der Waals surface area (Å²) in [7, 11) is 0. The molecule has 0 radical (unpaired) electrons. The van der Waals surface area contributed by atoms with Gasteiger partial charge in [-0.1, -0.05) is 0 Å². The third kappa shape index (κ3) is 4560. The molecule has 0 saturated heterocycles. The van der Waals surface area contributed by atoms with Crippen molar-refractivity contribution in [3.63, 3.8) is 0 Å². The minimum absolute atomic E-state index is 0. The van der Waals surface area contributed by atoms with Crippen LogP contribution >= 0.6 is 0 Å². The van der Waals surface area contributed by atoms with E-state index in [1.54, 1.807) is 0 Å². The van der Waals surface area contributed by atoms with Gasteiger partial charge in [0.2, 0.25) is 0 Å². The molecule has 0 heterocycles. The molecule has 0 aliphatic carbocycles. The molecule has 0 spiro atoms. The maximum Gasteiger partial charge on any atom is 2.00 e. The van der Waals surface area contributed by atoms with Crippen LogP contribution in [0.25, 0.3) is 0 Å². The molecule has 0 bridgehead atoms. The molecular weight excluding hydrogens is 177 g/mol. The molecule has 0 rings (SSSR count). The van der Waals surface area contributed by atoms with Crippen LogP contribution in [-0.2, 0) is 16.5 Å². The van der Waals surface area contributed by atoms with E-state index in [-0.39, 0.29) is 54.2 Å². The Hall–Kier alpha value is -0.352. The molecule has 0 fully saturated rings. The fourth-order valence-corrected chi connectivity index (χ4v) is 0. The van der Waals surface area contributed by atoms with Crippen molar-refractivity contribution in [2.75, 3.05) is 0 Å². The quantitative estimate of drug-likeness (QED) is 0.272. The van der Waals surface area contributed by atoms with Crippen molar-refractivity contribution in [1.29, 1.82) is 21.0 Å². The zero-order valence-electron chi connectivity index (χ0n) is 6.11. The van der Waals surface area contributed by atoms with Crippen LogP contribution in [0.4, 0.5) is 0 Å². The SMILES string of the molecule is [C-]#N.[C-]#N.[C-]#N.[C-]#N.[Li+].[Li+].[Ni+2]. The molecule has 0 aromatic heterocycles. The van der Waals surface area contributed by atoms with Crippen molar-refractivity contribution in [2.24, 2.45) is 0 Å². The zero-order valence-corrected chi connectivity index (χ0v) is 7.09. The number of nitrogens with zero attached hydrogens (tertiary/aromatic N) is 4. The largest absolute Gasteiger partial charge is 2.00 e. The average Bonchev–Trinajstić information content (AvgIpc) is 2.03. The summed E-state index contributed by atoms with van der Waals surface area (Å²) in [5.41, 5.74) is 0. The predicted octanol–water partition coefficient (Wildman–Crippen LogP) is -5.61. The summed E-state index contributed by atoms with van der Waals surface area (Å²) in [4.78, 5) is 0. The minimum Gasteiger partial charge on any atom is -0.512 e. The van der Waals surface area contributed by atoms with Crippen LogP contribution < -0.4 is 37.7 Å². The van der Waals surface area contributed by atoms with E-state index >= 15 is 0 Å². The third-order valence-electron chi connectivity index (χ3n) is 0. The summed E-state index contributed by atoms with van der Waals surface area (Å²) in [5.74, 6) is 0. The van der Waals surface area contributed by atoms with Gasteiger partial charge >= 0.3 is 54.2 Å². The van der Waals surface area contributed by atoms with Gasteiger partial charge in [0.15, 0.2) is 0 Å². The third-order valence-corrected chi connectivity index (χ3v) is 0. The number of rotatable bonds is 0. The van der Waals surface area contributed by atoms with Gasteiger partial charge in [-0.05, 0) is 0 Å². The normalized spacial score (nSPS) is 0.727. The van der Waals surface area contributed by atoms with Gasteiger partial charge in [0.05, 0.1) is 0 Å². The molecule has 4 nitrogen and oxygen atoms in total. The second kappa shape index (κ2) is 5830. The Labute approximate surface area is 101 Å². The molecule has 0 amide bonds. The van der Waals surface area contributed by atoms with Crippen LogP contribution in [0.3, 0.4) is 0 Å². The topological polar surface area (TPSA) is 95.2 Å². The van der Waals surface area contributed by atoms with Gasteiger partial charge in [-0.2, -0.15) is 0 Å². The van der Waals surface area contributed by atoms with Gasteiger partial charge < -0.3 is 47.3 Å². The summed E-state index contributed by atoms with van der Waals surface area (Å²) in [6, 6.07) is 0. The van der Waals surface area contributed by atoms with E-state index in [9.17, 15) is 0 Å². The minimum atomic E-state index is 0. The molecule has 0 saturated carbocycles. The maximum absolute atomic E-state index is 6.25. The first-order valence-electron chi connectivity index (χ1n) is 0.894. The second-order valence-electron chi connectivity index (χ2n) is 0. The first-order chi connectivity index (χ1) is 4.00. The number of hydrogen-bond donors (Lipinski definition) is 0. The Bertz CT molecular complexity index is 63.1. The van der Waals surface area contributed by atoms with Crippen LogP contribution in [0.15, 0.2) is 0 Å². The average molecular weight is 177 g/mol. The van der Waals surface area contributed by atoms with Crippen molar-refractivity contribution in [3.05, 3.63) is 26.3 Å². The van der Waals surface area contributed by atoms with E-state index in [0.717, 1.165) is 0 Å². The molecule has 7 heteroatoms. The molecule has 11 heavy (non-hydrogen) atoms. The number of hydrogen-bond acceptors (Lipinski definition) is 4. The molecule has 0 atom stereocenters. The zero-order chi connectivity index (χ0) is 8.00. The van der Waals surface area contributed by atoms with Gasteiger partial charge in [-0.15, -0.1) is 0 Å². The van der Waals surface area contributed by atoms with E-state index in [1.807, 2.05) is 0 Å². The van der Waals surface area contributed by atoms with Crippen LogP contribution in [-0.4, -0.2) is 0 Å². The second-order valence-corrected chi connectivity index (χ2v) is 0. The van der Waals surface area contributed by atoms with Crippen LogP contribution in [0.2, 0.25) is 0 Å². The monoisotopic (exact) mass is 176 g/mol. The molecule has 0 N–H and O–H groups in total. The summed E-state index contributed by atoms with van der Waals surface area (Å²) < 4.78 is 0. The molecule has 0 aliphatic heterocycles. The Morgan fingerprint density at radius 1 is 0.455 bits per heavy atom. The van der Waals surface area contributed by atoms with Crippen molar-refractivity contribution in [1.82, 2.24) is 0 Å². The van der Waals surface area contributed by atoms with Crippen LogP contribution in [0.1, 0.15) is 0 Å². The Kier molecular flexibility index (Phi) is 39500. The fourth-order valence-electron chi connectivity index (χ4n) is 0. The van der Waals surface area contributed by atoms with Crippen LogP contribution in [0.5, 0.6) is 0 Å². The van der Waals surface area contributed by atoms with E-state index in [0.29, 0.717) is 0 Å². The summed E-state index contributed by atoms with van der Waals surface area (Å²) in [6.07, 6.45) is 0. The van der Waals surface area contributed by atoms with Crippen molar-refractivity contribution >= 4 is 0 Å². The molecule has 0 aromatic rings. The summed E-state index contributed by atoms with van der Waals surface area (Å²) in [6.45, 7) is 19.0.